The van der Waals surface area contributed by atoms with Crippen molar-refractivity contribution in [3.63, 3.8) is 0 Å². The summed E-state index contributed by atoms with van der Waals surface area (Å²) in [6.45, 7) is 7.29. The van der Waals surface area contributed by atoms with Crippen LogP contribution in [0.25, 0.3) is 0 Å². The second-order valence-electron chi connectivity index (χ2n) is 4.60. The Balaban J connectivity index is 4.29. The van der Waals surface area contributed by atoms with Gasteiger partial charge in [0.25, 0.3) is 0 Å². The molecule has 16 heavy (non-hydrogen) atoms. The number of carbonyl (C=O) groups is 2. The average Bonchev–Trinajstić information content (AvgIpc) is 2.13. The molecule has 0 aromatic rings. The molecule has 0 spiro atoms. The summed E-state index contributed by atoms with van der Waals surface area (Å²) in [6.07, 6.45) is 0.849. The highest BCUT2D eigenvalue weighted by molar-refractivity contribution is 5.85. The Morgan fingerprint density at radius 2 is 1.88 bits per heavy atom. The second kappa shape index (κ2) is 6.35. The maximum absolute atomic E-state index is 11.5. The summed E-state index contributed by atoms with van der Waals surface area (Å²) in [4.78, 5) is 22.9. The van der Waals surface area contributed by atoms with Crippen LogP contribution in [0.1, 0.15) is 40.5 Å². The zero-order valence-electron chi connectivity index (χ0n) is 10.7. The van der Waals surface area contributed by atoms with E-state index in [4.69, 9.17) is 4.74 Å². The van der Waals surface area contributed by atoms with Crippen molar-refractivity contribution in [3.05, 3.63) is 0 Å². The first kappa shape index (κ1) is 14.7. The largest absolute Gasteiger partial charge is 0.444 e. The lowest BCUT2D eigenvalue weighted by Gasteiger charge is -2.22. The van der Waals surface area contributed by atoms with Gasteiger partial charge in [-0.25, -0.2) is 4.79 Å². The summed E-state index contributed by atoms with van der Waals surface area (Å²) >= 11 is 0. The highest BCUT2D eigenvalue weighted by Crippen LogP contribution is 2.07. The number of carbonyl (C=O) groups excluding carboxylic acids is 2. The average molecular weight is 230 g/mol. The molecule has 0 fully saturated rings. The zero-order valence-corrected chi connectivity index (χ0v) is 10.7. The van der Waals surface area contributed by atoms with Gasteiger partial charge in [0.1, 0.15) is 11.6 Å². The van der Waals surface area contributed by atoms with Crippen LogP contribution in [0.5, 0.6) is 0 Å². The van der Waals surface area contributed by atoms with Crippen LogP contribution in [-0.2, 0) is 9.53 Å². The first-order valence-corrected chi connectivity index (χ1v) is 5.51. The summed E-state index contributed by atoms with van der Waals surface area (Å²) in [6, 6.07) is -0.523. The van der Waals surface area contributed by atoms with E-state index in [1.807, 2.05) is 6.92 Å². The molecule has 2 N–H and O–H groups in total. The van der Waals surface area contributed by atoms with Gasteiger partial charge in [-0.1, -0.05) is 13.3 Å². The van der Waals surface area contributed by atoms with Gasteiger partial charge in [-0.3, -0.25) is 4.79 Å². The molecule has 0 aliphatic rings. The van der Waals surface area contributed by atoms with Crippen LogP contribution >= 0.6 is 0 Å². The van der Waals surface area contributed by atoms with Crippen LogP contribution in [0.2, 0.25) is 0 Å². The SMILES string of the molecule is CCC[C@H](NC(=O)OC(C)(C)C)C(=O)NC. The van der Waals surface area contributed by atoms with E-state index in [1.165, 1.54) is 0 Å². The van der Waals surface area contributed by atoms with E-state index in [-0.39, 0.29) is 5.91 Å². The van der Waals surface area contributed by atoms with Crippen molar-refractivity contribution >= 4 is 12.0 Å². The fourth-order valence-corrected chi connectivity index (χ4v) is 1.18. The van der Waals surface area contributed by atoms with Crippen molar-refractivity contribution < 1.29 is 14.3 Å². The molecule has 0 unspecified atom stereocenters. The molecule has 0 bridgehead atoms. The summed E-state index contributed by atoms with van der Waals surface area (Å²) < 4.78 is 5.08. The maximum atomic E-state index is 11.5. The second-order valence-corrected chi connectivity index (χ2v) is 4.60. The van der Waals surface area contributed by atoms with E-state index in [2.05, 4.69) is 10.6 Å². The van der Waals surface area contributed by atoms with Crippen LogP contribution < -0.4 is 10.6 Å². The lowest BCUT2D eigenvalue weighted by atomic mass is 10.1. The number of ether oxygens (including phenoxy) is 1. The molecule has 1 atom stereocenters. The molecule has 94 valence electrons. The summed E-state index contributed by atoms with van der Waals surface area (Å²) in [5.41, 5.74) is -0.552. The third kappa shape index (κ3) is 6.27. The summed E-state index contributed by atoms with van der Waals surface area (Å²) in [5.74, 6) is -0.201. The standard InChI is InChI=1S/C11H22N2O3/c1-6-7-8(9(14)12-5)13-10(15)16-11(2,3)4/h8H,6-7H2,1-5H3,(H,12,14)(H,13,15)/t8-/m0/s1. The zero-order chi connectivity index (χ0) is 12.8. The van der Waals surface area contributed by atoms with Crippen molar-refractivity contribution in [1.29, 1.82) is 0 Å². The topological polar surface area (TPSA) is 67.4 Å². The van der Waals surface area contributed by atoms with Gasteiger partial charge in [0, 0.05) is 7.05 Å². The first-order chi connectivity index (χ1) is 7.30. The number of alkyl carbamates (subject to hydrolysis) is 1. The Hall–Kier alpha value is -1.26. The van der Waals surface area contributed by atoms with Crippen LogP contribution in [-0.4, -0.2) is 30.7 Å². The predicted molar refractivity (Wildman–Crippen MR) is 62.1 cm³/mol. The molecule has 0 saturated carbocycles. The van der Waals surface area contributed by atoms with Crippen molar-refractivity contribution in [2.24, 2.45) is 0 Å². The quantitative estimate of drug-likeness (QED) is 0.767. The molecule has 0 saturated heterocycles. The number of likely N-dealkylation sites (N-methyl/N-ethyl adjacent to an activating group) is 1. The molecule has 0 aromatic heterocycles. The van der Waals surface area contributed by atoms with Gasteiger partial charge in [-0.15, -0.1) is 0 Å². The Bertz CT molecular complexity index is 246. The van der Waals surface area contributed by atoms with Crippen molar-refractivity contribution in [2.75, 3.05) is 7.05 Å². The molecule has 0 aromatic carbocycles. The monoisotopic (exact) mass is 230 g/mol. The van der Waals surface area contributed by atoms with E-state index < -0.39 is 17.7 Å². The minimum Gasteiger partial charge on any atom is -0.444 e. The Kier molecular flexibility index (Phi) is 5.85. The Morgan fingerprint density at radius 1 is 1.31 bits per heavy atom. The number of hydrogen-bond donors (Lipinski definition) is 2. The van der Waals surface area contributed by atoms with Crippen LogP contribution in [0.4, 0.5) is 4.79 Å². The number of hydrogen-bond acceptors (Lipinski definition) is 3. The Morgan fingerprint density at radius 3 is 2.25 bits per heavy atom. The normalized spacial score (nSPS) is 12.8. The van der Waals surface area contributed by atoms with E-state index in [1.54, 1.807) is 27.8 Å². The molecular formula is C11H22N2O3. The van der Waals surface area contributed by atoms with E-state index >= 15 is 0 Å². The Labute approximate surface area is 96.9 Å². The molecule has 5 heteroatoms. The van der Waals surface area contributed by atoms with Crippen molar-refractivity contribution in [2.45, 2.75) is 52.2 Å². The first-order valence-electron chi connectivity index (χ1n) is 5.51. The minimum absolute atomic E-state index is 0.201. The third-order valence-electron chi connectivity index (χ3n) is 1.83. The van der Waals surface area contributed by atoms with Gasteiger partial charge in [-0.05, 0) is 27.2 Å². The number of amides is 2. The van der Waals surface area contributed by atoms with E-state index in [9.17, 15) is 9.59 Å². The van der Waals surface area contributed by atoms with Gasteiger partial charge >= 0.3 is 6.09 Å². The molecule has 0 aliphatic carbocycles. The van der Waals surface area contributed by atoms with Crippen LogP contribution in [0, 0.1) is 0 Å². The minimum atomic E-state index is -0.561. The molecule has 0 aliphatic heterocycles. The molecule has 5 nitrogen and oxygen atoms in total. The molecule has 2 amide bonds. The van der Waals surface area contributed by atoms with Crippen molar-refractivity contribution in [3.8, 4) is 0 Å². The summed E-state index contributed by atoms with van der Waals surface area (Å²) in [7, 11) is 1.54. The van der Waals surface area contributed by atoms with Gasteiger partial charge in [0.15, 0.2) is 0 Å². The van der Waals surface area contributed by atoms with Gasteiger partial charge in [0.2, 0.25) is 5.91 Å². The van der Waals surface area contributed by atoms with Gasteiger partial charge < -0.3 is 15.4 Å². The van der Waals surface area contributed by atoms with Crippen LogP contribution in [0.15, 0.2) is 0 Å². The number of nitrogens with one attached hydrogen (secondary N) is 2. The molecule has 0 rings (SSSR count). The maximum Gasteiger partial charge on any atom is 0.408 e. The summed E-state index contributed by atoms with van der Waals surface area (Å²) in [5, 5.41) is 5.06. The smallest absolute Gasteiger partial charge is 0.408 e. The fourth-order valence-electron chi connectivity index (χ4n) is 1.18. The lowest BCUT2D eigenvalue weighted by Crippen LogP contribution is -2.47. The van der Waals surface area contributed by atoms with Crippen LogP contribution in [0.3, 0.4) is 0 Å². The third-order valence-corrected chi connectivity index (χ3v) is 1.83. The number of rotatable bonds is 4. The molecule has 0 radical (unpaired) electrons. The van der Waals surface area contributed by atoms with E-state index in [0.29, 0.717) is 6.42 Å². The predicted octanol–water partition coefficient (Wildman–Crippen LogP) is 1.43. The highest BCUT2D eigenvalue weighted by Gasteiger charge is 2.22. The molecular weight excluding hydrogens is 208 g/mol. The van der Waals surface area contributed by atoms with E-state index in [0.717, 1.165) is 6.42 Å². The van der Waals surface area contributed by atoms with Gasteiger partial charge in [0.05, 0.1) is 0 Å². The van der Waals surface area contributed by atoms with Crippen molar-refractivity contribution in [1.82, 2.24) is 10.6 Å². The molecule has 0 heterocycles. The van der Waals surface area contributed by atoms with Gasteiger partial charge in [-0.2, -0.15) is 0 Å². The fraction of sp³-hybridized carbons (Fsp3) is 0.818. The lowest BCUT2D eigenvalue weighted by molar-refractivity contribution is -0.122. The highest BCUT2D eigenvalue weighted by atomic mass is 16.6.